The fraction of sp³-hybridized carbons (Fsp3) is 0.500. The number of carbonyl (C=O) groups is 1. The summed E-state index contributed by atoms with van der Waals surface area (Å²) in [4.78, 5) is 19.8. The van der Waals surface area contributed by atoms with Crippen molar-refractivity contribution in [3.8, 4) is 11.3 Å². The van der Waals surface area contributed by atoms with Crippen molar-refractivity contribution in [1.29, 1.82) is 0 Å². The summed E-state index contributed by atoms with van der Waals surface area (Å²) in [6.45, 7) is 10.0. The number of hydrogen-bond acceptors (Lipinski definition) is 2. The molecule has 24 heavy (non-hydrogen) atoms. The lowest BCUT2D eigenvalue weighted by molar-refractivity contribution is -0.140. The molecule has 0 unspecified atom stereocenters. The van der Waals surface area contributed by atoms with Crippen molar-refractivity contribution in [3.05, 3.63) is 42.4 Å². The second kappa shape index (κ2) is 6.80. The number of nitrogens with zero attached hydrogens (tertiary/aromatic N) is 3. The van der Waals surface area contributed by atoms with E-state index in [2.05, 4.69) is 48.6 Å². The van der Waals surface area contributed by atoms with E-state index in [1.165, 1.54) is 0 Å². The SMILES string of the molecule is CC[C@H](C)C(=O)N1CCn2cc(-c3ccccc3)nc2[C@@H]1C(C)C. The van der Waals surface area contributed by atoms with E-state index < -0.39 is 0 Å². The normalized spacial score (nSPS) is 18.5. The highest BCUT2D eigenvalue weighted by molar-refractivity contribution is 5.79. The standard InChI is InChI=1S/C20H27N3O/c1-5-15(4)20(24)23-12-11-22-13-17(16-9-7-6-8-10-16)21-19(22)18(23)14(2)3/h6-10,13-15,18H,5,11-12H2,1-4H3/t15-,18-/m0/s1. The third-order valence-electron chi connectivity index (χ3n) is 5.01. The smallest absolute Gasteiger partial charge is 0.226 e. The fourth-order valence-corrected chi connectivity index (χ4v) is 3.45. The Labute approximate surface area is 144 Å². The van der Waals surface area contributed by atoms with E-state index >= 15 is 0 Å². The zero-order chi connectivity index (χ0) is 17.3. The maximum absolute atomic E-state index is 12.8. The van der Waals surface area contributed by atoms with Crippen LogP contribution in [0.4, 0.5) is 0 Å². The van der Waals surface area contributed by atoms with Crippen molar-refractivity contribution in [3.63, 3.8) is 0 Å². The number of rotatable bonds is 4. The van der Waals surface area contributed by atoms with E-state index in [1.54, 1.807) is 0 Å². The van der Waals surface area contributed by atoms with E-state index in [0.29, 0.717) is 5.92 Å². The first-order valence-corrected chi connectivity index (χ1v) is 8.95. The molecule has 1 aromatic carbocycles. The fourth-order valence-electron chi connectivity index (χ4n) is 3.45. The van der Waals surface area contributed by atoms with Crippen LogP contribution in [0.15, 0.2) is 36.5 Å². The van der Waals surface area contributed by atoms with Gasteiger partial charge in [-0.2, -0.15) is 0 Å². The molecule has 0 radical (unpaired) electrons. The van der Waals surface area contributed by atoms with Crippen molar-refractivity contribution in [2.24, 2.45) is 11.8 Å². The monoisotopic (exact) mass is 325 g/mol. The van der Waals surface area contributed by atoms with Crippen LogP contribution in [0.2, 0.25) is 0 Å². The molecular formula is C20H27N3O. The van der Waals surface area contributed by atoms with Crippen molar-refractivity contribution < 1.29 is 4.79 Å². The third kappa shape index (κ3) is 2.97. The highest BCUT2D eigenvalue weighted by Gasteiger charge is 2.36. The molecule has 3 rings (SSSR count). The molecule has 0 N–H and O–H groups in total. The van der Waals surface area contributed by atoms with E-state index in [0.717, 1.165) is 36.6 Å². The van der Waals surface area contributed by atoms with Gasteiger partial charge in [0.15, 0.2) is 0 Å². The number of carbonyl (C=O) groups excluding carboxylic acids is 1. The van der Waals surface area contributed by atoms with Gasteiger partial charge in [0.1, 0.15) is 5.82 Å². The molecule has 0 aliphatic carbocycles. The lowest BCUT2D eigenvalue weighted by Crippen LogP contribution is -2.46. The molecule has 0 saturated carbocycles. The molecule has 4 heteroatoms. The largest absolute Gasteiger partial charge is 0.331 e. The van der Waals surface area contributed by atoms with Crippen LogP contribution >= 0.6 is 0 Å². The summed E-state index contributed by atoms with van der Waals surface area (Å²) >= 11 is 0. The Bertz CT molecular complexity index is 705. The Balaban J connectivity index is 1.98. The quantitative estimate of drug-likeness (QED) is 0.847. The highest BCUT2D eigenvalue weighted by atomic mass is 16.2. The van der Waals surface area contributed by atoms with E-state index in [4.69, 9.17) is 4.98 Å². The summed E-state index contributed by atoms with van der Waals surface area (Å²) in [5, 5.41) is 0. The third-order valence-corrected chi connectivity index (χ3v) is 5.01. The van der Waals surface area contributed by atoms with Crippen molar-refractivity contribution >= 4 is 5.91 Å². The maximum Gasteiger partial charge on any atom is 0.226 e. The number of amides is 1. The van der Waals surface area contributed by atoms with Crippen LogP contribution in [0.1, 0.15) is 46.0 Å². The topological polar surface area (TPSA) is 38.1 Å². The first kappa shape index (κ1) is 16.7. The van der Waals surface area contributed by atoms with Crippen LogP contribution in [0.3, 0.4) is 0 Å². The molecule has 2 aromatic rings. The molecule has 0 fully saturated rings. The van der Waals surface area contributed by atoms with Gasteiger partial charge in [-0.15, -0.1) is 0 Å². The van der Waals surface area contributed by atoms with E-state index in [9.17, 15) is 4.79 Å². The van der Waals surface area contributed by atoms with Gasteiger partial charge >= 0.3 is 0 Å². The Morgan fingerprint density at radius 2 is 1.92 bits per heavy atom. The molecule has 0 bridgehead atoms. The molecule has 1 amide bonds. The van der Waals surface area contributed by atoms with Crippen LogP contribution < -0.4 is 0 Å². The van der Waals surface area contributed by atoms with Gasteiger partial charge in [0, 0.05) is 30.8 Å². The summed E-state index contributed by atoms with van der Waals surface area (Å²) in [7, 11) is 0. The van der Waals surface area contributed by atoms with Gasteiger partial charge < -0.3 is 9.47 Å². The van der Waals surface area contributed by atoms with Gasteiger partial charge in [-0.25, -0.2) is 4.98 Å². The number of benzene rings is 1. The average molecular weight is 325 g/mol. The Morgan fingerprint density at radius 1 is 1.21 bits per heavy atom. The first-order valence-electron chi connectivity index (χ1n) is 8.95. The average Bonchev–Trinajstić information content (AvgIpc) is 3.04. The van der Waals surface area contributed by atoms with Crippen molar-refractivity contribution in [1.82, 2.24) is 14.5 Å². The van der Waals surface area contributed by atoms with Gasteiger partial charge in [0.25, 0.3) is 0 Å². The van der Waals surface area contributed by atoms with Gasteiger partial charge in [-0.05, 0) is 12.3 Å². The maximum atomic E-state index is 12.8. The molecule has 2 heterocycles. The first-order chi connectivity index (χ1) is 11.5. The van der Waals surface area contributed by atoms with Crippen LogP contribution in [-0.4, -0.2) is 26.9 Å². The molecule has 0 spiro atoms. The minimum Gasteiger partial charge on any atom is -0.331 e. The zero-order valence-electron chi connectivity index (χ0n) is 15.1. The second-order valence-corrected chi connectivity index (χ2v) is 7.07. The van der Waals surface area contributed by atoms with Crippen molar-refractivity contribution in [2.75, 3.05) is 6.54 Å². The van der Waals surface area contributed by atoms with Gasteiger partial charge in [-0.3, -0.25) is 4.79 Å². The number of aromatic nitrogens is 2. The van der Waals surface area contributed by atoms with Crippen LogP contribution in [0, 0.1) is 11.8 Å². The lowest BCUT2D eigenvalue weighted by Gasteiger charge is -2.39. The molecular weight excluding hydrogens is 298 g/mol. The van der Waals surface area contributed by atoms with E-state index in [1.807, 2.05) is 25.1 Å². The minimum atomic E-state index is 0.0534. The van der Waals surface area contributed by atoms with Gasteiger partial charge in [0.05, 0.1) is 11.7 Å². The van der Waals surface area contributed by atoms with Gasteiger partial charge in [-0.1, -0.05) is 58.0 Å². The Hall–Kier alpha value is -2.10. The lowest BCUT2D eigenvalue weighted by atomic mass is 9.97. The number of imidazole rings is 1. The summed E-state index contributed by atoms with van der Waals surface area (Å²) in [5.41, 5.74) is 2.12. The molecule has 1 aliphatic heterocycles. The molecule has 128 valence electrons. The van der Waals surface area contributed by atoms with E-state index in [-0.39, 0.29) is 17.9 Å². The van der Waals surface area contributed by atoms with Gasteiger partial charge in [0.2, 0.25) is 5.91 Å². The number of hydrogen-bond donors (Lipinski definition) is 0. The Kier molecular flexibility index (Phi) is 4.74. The number of fused-ring (bicyclic) bond motifs is 1. The summed E-state index contributed by atoms with van der Waals surface area (Å²) < 4.78 is 2.23. The summed E-state index contributed by atoms with van der Waals surface area (Å²) in [6.07, 6.45) is 3.01. The minimum absolute atomic E-state index is 0.0534. The Morgan fingerprint density at radius 3 is 2.54 bits per heavy atom. The molecule has 0 saturated heterocycles. The second-order valence-electron chi connectivity index (χ2n) is 7.07. The van der Waals surface area contributed by atoms with Crippen LogP contribution in [-0.2, 0) is 11.3 Å². The molecule has 2 atom stereocenters. The molecule has 1 aliphatic rings. The van der Waals surface area contributed by atoms with Crippen molar-refractivity contribution in [2.45, 2.75) is 46.7 Å². The molecule has 1 aromatic heterocycles. The predicted octanol–water partition coefficient (Wildman–Crippen LogP) is 4.14. The predicted molar refractivity (Wildman–Crippen MR) is 96.4 cm³/mol. The zero-order valence-corrected chi connectivity index (χ0v) is 15.1. The summed E-state index contributed by atoms with van der Waals surface area (Å²) in [5.74, 6) is 1.68. The van der Waals surface area contributed by atoms with Crippen LogP contribution in [0.25, 0.3) is 11.3 Å². The summed E-state index contributed by atoms with van der Waals surface area (Å²) in [6, 6.07) is 10.3. The molecule has 4 nitrogen and oxygen atoms in total. The van der Waals surface area contributed by atoms with Crippen LogP contribution in [0.5, 0.6) is 0 Å². The highest BCUT2D eigenvalue weighted by Crippen LogP contribution is 2.34.